The summed E-state index contributed by atoms with van der Waals surface area (Å²) in [7, 11) is 0. The summed E-state index contributed by atoms with van der Waals surface area (Å²) in [6.07, 6.45) is 11.9. The van der Waals surface area contributed by atoms with Crippen molar-refractivity contribution in [1.29, 1.82) is 0 Å². The molecule has 2 atom stereocenters. The first kappa shape index (κ1) is 18.2. The van der Waals surface area contributed by atoms with E-state index in [1.807, 2.05) is 18.0 Å². The first-order chi connectivity index (χ1) is 14.8. The van der Waals surface area contributed by atoms with Crippen molar-refractivity contribution in [2.45, 2.75) is 43.0 Å². The molecule has 6 heteroatoms. The van der Waals surface area contributed by atoms with E-state index >= 15 is 0 Å². The summed E-state index contributed by atoms with van der Waals surface area (Å²) in [5.41, 5.74) is 3.59. The molecule has 4 heterocycles. The Labute approximate surface area is 180 Å². The van der Waals surface area contributed by atoms with Crippen LogP contribution in [0.15, 0.2) is 53.9 Å². The highest BCUT2D eigenvalue weighted by Crippen LogP contribution is 2.39. The summed E-state index contributed by atoms with van der Waals surface area (Å²) in [6.45, 7) is 1.00. The van der Waals surface area contributed by atoms with Crippen LogP contribution < -0.4 is 5.32 Å². The molecule has 0 radical (unpaired) electrons. The van der Waals surface area contributed by atoms with E-state index in [1.165, 1.54) is 41.5 Å². The SMILES string of the molecule is c1ncc2ccn(C3CCC(CCc4ccc5cc6c(nc5c4)NCCS6)C3)c2n1. The Balaban J connectivity index is 1.14. The minimum atomic E-state index is 0.566. The minimum absolute atomic E-state index is 0.566. The fourth-order valence-corrected chi connectivity index (χ4v) is 5.93. The highest BCUT2D eigenvalue weighted by atomic mass is 32.2. The number of hydrogen-bond donors (Lipinski definition) is 1. The summed E-state index contributed by atoms with van der Waals surface area (Å²) in [5.74, 6) is 2.95. The fourth-order valence-electron chi connectivity index (χ4n) is 5.04. The number of aromatic nitrogens is 4. The van der Waals surface area contributed by atoms with Crippen LogP contribution in [0.5, 0.6) is 0 Å². The second-order valence-corrected chi connectivity index (χ2v) is 9.67. The topological polar surface area (TPSA) is 55.6 Å². The van der Waals surface area contributed by atoms with Gasteiger partial charge in [-0.15, -0.1) is 11.8 Å². The normalized spacial score (nSPS) is 21.1. The van der Waals surface area contributed by atoms with Gasteiger partial charge in [-0.25, -0.2) is 15.0 Å². The maximum atomic E-state index is 4.88. The molecule has 0 spiro atoms. The molecule has 2 unspecified atom stereocenters. The van der Waals surface area contributed by atoms with Gasteiger partial charge in [-0.2, -0.15) is 0 Å². The van der Waals surface area contributed by atoms with E-state index < -0.39 is 0 Å². The molecule has 0 saturated heterocycles. The Morgan fingerprint density at radius 1 is 1.13 bits per heavy atom. The van der Waals surface area contributed by atoms with Crippen LogP contribution in [0.25, 0.3) is 21.9 Å². The lowest BCUT2D eigenvalue weighted by Crippen LogP contribution is -2.11. The van der Waals surface area contributed by atoms with Crippen molar-refractivity contribution < 1.29 is 0 Å². The Kier molecular flexibility index (Phi) is 4.60. The number of benzene rings is 1. The lowest BCUT2D eigenvalue weighted by Gasteiger charge is -2.17. The van der Waals surface area contributed by atoms with Crippen LogP contribution in [0.4, 0.5) is 5.82 Å². The third kappa shape index (κ3) is 3.33. The Morgan fingerprint density at radius 3 is 3.13 bits per heavy atom. The van der Waals surface area contributed by atoms with E-state index in [0.717, 1.165) is 47.0 Å². The van der Waals surface area contributed by atoms with Crippen LogP contribution >= 0.6 is 11.8 Å². The van der Waals surface area contributed by atoms with Crippen LogP contribution in [0.1, 0.15) is 37.3 Å². The largest absolute Gasteiger partial charge is 0.368 e. The minimum Gasteiger partial charge on any atom is -0.368 e. The van der Waals surface area contributed by atoms with E-state index in [4.69, 9.17) is 4.98 Å². The average molecular weight is 416 g/mol. The van der Waals surface area contributed by atoms with Gasteiger partial charge in [0, 0.05) is 41.5 Å². The zero-order chi connectivity index (χ0) is 19.9. The maximum absolute atomic E-state index is 4.88. The molecule has 0 amide bonds. The van der Waals surface area contributed by atoms with Gasteiger partial charge in [-0.3, -0.25) is 0 Å². The molecule has 2 aliphatic rings. The fraction of sp³-hybridized carbons (Fsp3) is 0.375. The summed E-state index contributed by atoms with van der Waals surface area (Å²) < 4.78 is 2.37. The first-order valence-electron chi connectivity index (χ1n) is 10.9. The van der Waals surface area contributed by atoms with Crippen molar-refractivity contribution in [3.8, 4) is 0 Å². The second-order valence-electron chi connectivity index (χ2n) is 8.53. The van der Waals surface area contributed by atoms with Crippen LogP contribution in [-0.2, 0) is 6.42 Å². The summed E-state index contributed by atoms with van der Waals surface area (Å²) >= 11 is 1.90. The van der Waals surface area contributed by atoms with E-state index in [0.29, 0.717) is 6.04 Å². The van der Waals surface area contributed by atoms with Gasteiger partial charge < -0.3 is 9.88 Å². The molecule has 152 valence electrons. The second kappa shape index (κ2) is 7.58. The molecule has 4 aromatic rings. The molecule has 0 bridgehead atoms. The predicted molar refractivity (Wildman–Crippen MR) is 123 cm³/mol. The van der Waals surface area contributed by atoms with Crippen molar-refractivity contribution in [1.82, 2.24) is 19.5 Å². The molecule has 1 aromatic carbocycles. The van der Waals surface area contributed by atoms with Crippen LogP contribution in [0.3, 0.4) is 0 Å². The standard InChI is InChI=1S/C24H25N5S/c1(16-4-6-20(11-16)29-9-7-19-14-25-15-27-24(19)29)2-17-3-5-18-13-22-23(26-8-10-30-22)28-21(18)12-17/h3,5,7,9,12-16,20H,1-2,4,6,8,10-11H2,(H,26,28). The molecule has 5 nitrogen and oxygen atoms in total. The number of hydrogen-bond acceptors (Lipinski definition) is 5. The van der Waals surface area contributed by atoms with Gasteiger partial charge in [0.05, 0.1) is 10.4 Å². The van der Waals surface area contributed by atoms with E-state index in [-0.39, 0.29) is 0 Å². The van der Waals surface area contributed by atoms with Crippen LogP contribution in [0.2, 0.25) is 0 Å². The first-order valence-corrected chi connectivity index (χ1v) is 11.9. The number of aryl methyl sites for hydroxylation is 1. The van der Waals surface area contributed by atoms with Crippen LogP contribution in [0, 0.1) is 5.92 Å². The third-order valence-electron chi connectivity index (χ3n) is 6.63. The van der Waals surface area contributed by atoms with Gasteiger partial charge >= 0.3 is 0 Å². The smallest absolute Gasteiger partial charge is 0.143 e. The molecular weight excluding hydrogens is 390 g/mol. The lowest BCUT2D eigenvalue weighted by molar-refractivity contribution is 0.461. The molecule has 1 N–H and O–H groups in total. The zero-order valence-corrected chi connectivity index (χ0v) is 17.7. The van der Waals surface area contributed by atoms with E-state index in [9.17, 15) is 0 Å². The lowest BCUT2D eigenvalue weighted by atomic mass is 9.97. The van der Waals surface area contributed by atoms with Crippen molar-refractivity contribution in [3.63, 3.8) is 0 Å². The average Bonchev–Trinajstić information content (AvgIpc) is 3.43. The molecule has 1 aliphatic heterocycles. The van der Waals surface area contributed by atoms with E-state index in [2.05, 4.69) is 56.4 Å². The number of fused-ring (bicyclic) bond motifs is 3. The molecule has 3 aromatic heterocycles. The number of rotatable bonds is 4. The third-order valence-corrected chi connectivity index (χ3v) is 7.66. The number of nitrogens with zero attached hydrogens (tertiary/aromatic N) is 4. The quantitative estimate of drug-likeness (QED) is 0.479. The zero-order valence-electron chi connectivity index (χ0n) is 16.9. The number of nitrogens with one attached hydrogen (secondary N) is 1. The predicted octanol–water partition coefficient (Wildman–Crippen LogP) is 5.47. The molecule has 6 rings (SSSR count). The number of thioether (sulfide) groups is 1. The van der Waals surface area contributed by atoms with Crippen molar-refractivity contribution in [3.05, 3.63) is 54.6 Å². The van der Waals surface area contributed by atoms with Gasteiger partial charge in [0.15, 0.2) is 0 Å². The molecule has 1 aliphatic carbocycles. The Hall–Kier alpha value is -2.60. The van der Waals surface area contributed by atoms with Crippen LogP contribution in [-0.4, -0.2) is 31.8 Å². The number of anilines is 1. The summed E-state index contributed by atoms with van der Waals surface area (Å²) in [6, 6.07) is 11.8. The van der Waals surface area contributed by atoms with Crippen molar-refractivity contribution in [2.75, 3.05) is 17.6 Å². The monoisotopic (exact) mass is 415 g/mol. The van der Waals surface area contributed by atoms with E-state index in [1.54, 1.807) is 6.33 Å². The van der Waals surface area contributed by atoms with Gasteiger partial charge in [0.2, 0.25) is 0 Å². The molecule has 30 heavy (non-hydrogen) atoms. The maximum Gasteiger partial charge on any atom is 0.143 e. The molecule has 1 saturated carbocycles. The van der Waals surface area contributed by atoms with Gasteiger partial charge in [0.1, 0.15) is 17.8 Å². The highest BCUT2D eigenvalue weighted by Gasteiger charge is 2.26. The van der Waals surface area contributed by atoms with Crippen molar-refractivity contribution in [2.24, 2.45) is 5.92 Å². The molecular formula is C24H25N5S. The summed E-state index contributed by atoms with van der Waals surface area (Å²) in [4.78, 5) is 14.8. The Morgan fingerprint density at radius 2 is 2.13 bits per heavy atom. The Bertz CT molecular complexity index is 1220. The van der Waals surface area contributed by atoms with Crippen molar-refractivity contribution >= 4 is 39.5 Å². The van der Waals surface area contributed by atoms with Gasteiger partial charge in [-0.05, 0) is 61.8 Å². The molecule has 1 fully saturated rings. The summed E-state index contributed by atoms with van der Waals surface area (Å²) in [5, 5.41) is 5.82. The van der Waals surface area contributed by atoms with Gasteiger partial charge in [-0.1, -0.05) is 12.1 Å². The highest BCUT2D eigenvalue weighted by molar-refractivity contribution is 7.99. The number of pyridine rings is 1. The van der Waals surface area contributed by atoms with Gasteiger partial charge in [0.25, 0.3) is 0 Å².